The fourth-order valence-electron chi connectivity index (χ4n) is 1.93. The first-order valence-corrected chi connectivity index (χ1v) is 5.98. The predicted octanol–water partition coefficient (Wildman–Crippen LogP) is 3.62. The summed E-state index contributed by atoms with van der Waals surface area (Å²) >= 11 is 0. The molecule has 0 atom stereocenters. The number of rotatable bonds is 4. The van der Waals surface area contributed by atoms with Gasteiger partial charge in [-0.3, -0.25) is 0 Å². The highest BCUT2D eigenvalue weighted by Gasteiger charge is 1.99. The van der Waals surface area contributed by atoms with E-state index in [4.69, 9.17) is 0 Å². The van der Waals surface area contributed by atoms with Crippen molar-refractivity contribution in [3.63, 3.8) is 0 Å². The fraction of sp³-hybridized carbons (Fsp3) is 0.467. The molecule has 0 aliphatic heterocycles. The molecule has 0 aliphatic rings. The molecule has 0 amide bonds. The van der Waals surface area contributed by atoms with Crippen LogP contribution in [0.25, 0.3) is 6.08 Å². The van der Waals surface area contributed by atoms with Crippen LogP contribution in [0, 0.1) is 20.8 Å². The molecule has 16 heavy (non-hydrogen) atoms. The minimum Gasteiger partial charge on any atom is -0.311 e. The summed E-state index contributed by atoms with van der Waals surface area (Å²) in [5.74, 6) is 0. The maximum Gasteiger partial charge on any atom is 0.0140 e. The van der Waals surface area contributed by atoms with E-state index in [1.165, 1.54) is 22.3 Å². The lowest BCUT2D eigenvalue weighted by atomic mass is 9.99. The Kier molecular flexibility index (Phi) is 4.75. The van der Waals surface area contributed by atoms with Crippen molar-refractivity contribution in [2.75, 3.05) is 6.54 Å². The molecular formula is C15H23N. The second kappa shape index (κ2) is 5.86. The largest absolute Gasteiger partial charge is 0.311 e. The van der Waals surface area contributed by atoms with Gasteiger partial charge < -0.3 is 5.32 Å². The average Bonchev–Trinajstić information content (AvgIpc) is 2.14. The van der Waals surface area contributed by atoms with Crippen LogP contribution in [0.15, 0.2) is 18.2 Å². The number of aryl methyl sites for hydroxylation is 3. The summed E-state index contributed by atoms with van der Waals surface area (Å²) in [6, 6.07) is 5.02. The molecule has 0 unspecified atom stereocenters. The van der Waals surface area contributed by atoms with Crippen LogP contribution in [-0.2, 0) is 0 Å². The second-order valence-corrected chi connectivity index (χ2v) is 4.78. The number of nitrogens with one attached hydrogen (secondary N) is 1. The Morgan fingerprint density at radius 1 is 1.12 bits per heavy atom. The van der Waals surface area contributed by atoms with Gasteiger partial charge in [-0.15, -0.1) is 0 Å². The quantitative estimate of drug-likeness (QED) is 0.812. The average molecular weight is 217 g/mol. The first-order valence-electron chi connectivity index (χ1n) is 5.98. The van der Waals surface area contributed by atoms with Gasteiger partial charge >= 0.3 is 0 Å². The monoisotopic (exact) mass is 217 g/mol. The van der Waals surface area contributed by atoms with E-state index < -0.39 is 0 Å². The van der Waals surface area contributed by atoms with E-state index in [1.807, 2.05) is 0 Å². The molecule has 1 heteroatoms. The zero-order valence-corrected chi connectivity index (χ0v) is 11.1. The van der Waals surface area contributed by atoms with Gasteiger partial charge in [-0.05, 0) is 37.5 Å². The zero-order chi connectivity index (χ0) is 12.1. The van der Waals surface area contributed by atoms with E-state index in [-0.39, 0.29) is 0 Å². The Bertz CT molecular complexity index is 352. The number of hydrogen-bond acceptors (Lipinski definition) is 1. The minimum atomic E-state index is 0.546. The SMILES string of the molecule is Cc1cc(C)c(C=CCNC(C)C)c(C)c1. The highest BCUT2D eigenvalue weighted by Crippen LogP contribution is 2.17. The summed E-state index contributed by atoms with van der Waals surface area (Å²) < 4.78 is 0. The van der Waals surface area contributed by atoms with E-state index >= 15 is 0 Å². The molecule has 0 radical (unpaired) electrons. The van der Waals surface area contributed by atoms with Gasteiger partial charge in [0.15, 0.2) is 0 Å². The van der Waals surface area contributed by atoms with Gasteiger partial charge in [0, 0.05) is 12.6 Å². The molecule has 0 aliphatic carbocycles. The van der Waals surface area contributed by atoms with E-state index in [9.17, 15) is 0 Å². The lowest BCUT2D eigenvalue weighted by Gasteiger charge is -2.08. The highest BCUT2D eigenvalue weighted by molar-refractivity contribution is 5.58. The molecule has 1 nitrogen and oxygen atoms in total. The lowest BCUT2D eigenvalue weighted by Crippen LogP contribution is -2.22. The summed E-state index contributed by atoms with van der Waals surface area (Å²) in [7, 11) is 0. The maximum absolute atomic E-state index is 3.38. The third-order valence-electron chi connectivity index (χ3n) is 2.67. The lowest BCUT2D eigenvalue weighted by molar-refractivity contribution is 0.633. The van der Waals surface area contributed by atoms with Crippen LogP contribution in [0.2, 0.25) is 0 Å². The van der Waals surface area contributed by atoms with Gasteiger partial charge in [0.1, 0.15) is 0 Å². The molecule has 0 bridgehead atoms. The maximum atomic E-state index is 3.38. The molecule has 88 valence electrons. The Morgan fingerprint density at radius 2 is 1.69 bits per heavy atom. The van der Waals surface area contributed by atoms with Crippen molar-refractivity contribution in [2.24, 2.45) is 0 Å². The van der Waals surface area contributed by atoms with Crippen molar-refractivity contribution in [1.82, 2.24) is 5.32 Å². The Morgan fingerprint density at radius 3 is 2.19 bits per heavy atom. The summed E-state index contributed by atoms with van der Waals surface area (Å²) in [5.41, 5.74) is 5.42. The van der Waals surface area contributed by atoms with Crippen LogP contribution in [0.5, 0.6) is 0 Å². The topological polar surface area (TPSA) is 12.0 Å². The summed E-state index contributed by atoms with van der Waals surface area (Å²) in [6.45, 7) is 11.8. The Hall–Kier alpha value is -1.08. The second-order valence-electron chi connectivity index (χ2n) is 4.78. The molecule has 1 aromatic carbocycles. The molecule has 1 N–H and O–H groups in total. The van der Waals surface area contributed by atoms with Gasteiger partial charge in [-0.1, -0.05) is 43.7 Å². The van der Waals surface area contributed by atoms with Crippen LogP contribution in [0.1, 0.15) is 36.1 Å². The van der Waals surface area contributed by atoms with Crippen molar-refractivity contribution in [3.05, 3.63) is 40.5 Å². The van der Waals surface area contributed by atoms with Crippen molar-refractivity contribution >= 4 is 6.08 Å². The minimum absolute atomic E-state index is 0.546. The van der Waals surface area contributed by atoms with E-state index in [2.05, 4.69) is 64.2 Å². The zero-order valence-electron chi connectivity index (χ0n) is 11.1. The van der Waals surface area contributed by atoms with Crippen molar-refractivity contribution in [1.29, 1.82) is 0 Å². The molecule has 1 aromatic rings. The van der Waals surface area contributed by atoms with Crippen LogP contribution < -0.4 is 5.32 Å². The van der Waals surface area contributed by atoms with Crippen molar-refractivity contribution in [3.8, 4) is 0 Å². The molecule has 0 aromatic heterocycles. The molecule has 0 fully saturated rings. The van der Waals surface area contributed by atoms with Crippen LogP contribution in [0.3, 0.4) is 0 Å². The fourth-order valence-corrected chi connectivity index (χ4v) is 1.93. The molecule has 0 saturated heterocycles. The highest BCUT2D eigenvalue weighted by atomic mass is 14.9. The Balaban J connectivity index is 2.73. The first kappa shape index (κ1) is 13.0. The summed E-state index contributed by atoms with van der Waals surface area (Å²) in [5, 5.41) is 3.38. The third kappa shape index (κ3) is 3.82. The van der Waals surface area contributed by atoms with Gasteiger partial charge in [-0.25, -0.2) is 0 Å². The smallest absolute Gasteiger partial charge is 0.0140 e. The van der Waals surface area contributed by atoms with E-state index in [1.54, 1.807) is 0 Å². The molecule has 0 spiro atoms. The van der Waals surface area contributed by atoms with Crippen molar-refractivity contribution < 1.29 is 0 Å². The van der Waals surface area contributed by atoms with Crippen LogP contribution in [-0.4, -0.2) is 12.6 Å². The predicted molar refractivity (Wildman–Crippen MR) is 72.8 cm³/mol. The first-order chi connectivity index (χ1) is 7.50. The summed E-state index contributed by atoms with van der Waals surface area (Å²) in [6.07, 6.45) is 4.42. The van der Waals surface area contributed by atoms with Gasteiger partial charge in [-0.2, -0.15) is 0 Å². The molecule has 1 rings (SSSR count). The molecule has 0 heterocycles. The van der Waals surface area contributed by atoms with Crippen LogP contribution >= 0.6 is 0 Å². The number of benzene rings is 1. The standard InChI is InChI=1S/C15H23N/c1-11(2)16-8-6-7-15-13(4)9-12(3)10-14(15)5/h6-7,9-11,16H,8H2,1-5H3. The van der Waals surface area contributed by atoms with Crippen LogP contribution in [0.4, 0.5) is 0 Å². The summed E-state index contributed by atoms with van der Waals surface area (Å²) in [4.78, 5) is 0. The van der Waals surface area contributed by atoms with E-state index in [0.29, 0.717) is 6.04 Å². The van der Waals surface area contributed by atoms with Gasteiger partial charge in [0.05, 0.1) is 0 Å². The van der Waals surface area contributed by atoms with Crippen molar-refractivity contribution in [2.45, 2.75) is 40.7 Å². The van der Waals surface area contributed by atoms with Gasteiger partial charge in [0.25, 0.3) is 0 Å². The third-order valence-corrected chi connectivity index (χ3v) is 2.67. The normalized spacial score (nSPS) is 11.6. The van der Waals surface area contributed by atoms with E-state index in [0.717, 1.165) is 6.54 Å². The Labute approximate surface area is 99.6 Å². The molecule has 0 saturated carbocycles. The van der Waals surface area contributed by atoms with Gasteiger partial charge in [0.2, 0.25) is 0 Å². The molecular weight excluding hydrogens is 194 g/mol. The number of hydrogen-bond donors (Lipinski definition) is 1.